The van der Waals surface area contributed by atoms with Crippen LogP contribution in [0.5, 0.6) is 17.5 Å². The summed E-state index contributed by atoms with van der Waals surface area (Å²) in [7, 11) is 1.61. The first-order valence-corrected chi connectivity index (χ1v) is 9.44. The minimum atomic E-state index is -0.833. The Morgan fingerprint density at radius 2 is 1.90 bits per heavy atom. The second kappa shape index (κ2) is 10.2. The standard InChI is InChI=1S/C20H19N5O2.C2H4O2/c1-26-19-5-2-14(11-22-19)12-25-7-6-15-8-17(3-4-18(15)25)27-20-9-16(10-21)23-13-24-20;1-2(3)4/h2-9,11,13H,10,12,21H2,1H3;1H3,(H,3,4). The van der Waals surface area contributed by atoms with E-state index in [1.807, 2.05) is 36.5 Å². The summed E-state index contributed by atoms with van der Waals surface area (Å²) < 4.78 is 13.1. The minimum Gasteiger partial charge on any atom is -0.481 e. The van der Waals surface area contributed by atoms with Gasteiger partial charge in [0.05, 0.1) is 12.8 Å². The van der Waals surface area contributed by atoms with E-state index in [-0.39, 0.29) is 0 Å². The lowest BCUT2D eigenvalue weighted by Gasteiger charge is -2.08. The average molecular weight is 421 g/mol. The van der Waals surface area contributed by atoms with Gasteiger partial charge in [-0.05, 0) is 29.8 Å². The molecule has 3 N–H and O–H groups in total. The summed E-state index contributed by atoms with van der Waals surface area (Å²) in [6.07, 6.45) is 5.33. The fourth-order valence-electron chi connectivity index (χ4n) is 2.87. The average Bonchev–Trinajstić information content (AvgIpc) is 3.16. The van der Waals surface area contributed by atoms with Gasteiger partial charge in [-0.1, -0.05) is 6.07 Å². The van der Waals surface area contributed by atoms with E-state index in [0.717, 1.165) is 35.6 Å². The van der Waals surface area contributed by atoms with E-state index in [9.17, 15) is 0 Å². The largest absolute Gasteiger partial charge is 0.481 e. The van der Waals surface area contributed by atoms with Crippen LogP contribution in [0.25, 0.3) is 10.9 Å². The van der Waals surface area contributed by atoms with Crippen molar-refractivity contribution in [2.75, 3.05) is 7.11 Å². The molecule has 31 heavy (non-hydrogen) atoms. The number of ether oxygens (including phenoxy) is 2. The first-order chi connectivity index (χ1) is 15.0. The first-order valence-electron chi connectivity index (χ1n) is 9.44. The second-order valence-electron chi connectivity index (χ2n) is 6.55. The number of aliphatic carboxylic acids is 1. The van der Waals surface area contributed by atoms with Crippen LogP contribution in [0, 0.1) is 0 Å². The van der Waals surface area contributed by atoms with E-state index in [1.54, 1.807) is 13.2 Å². The second-order valence-corrected chi connectivity index (χ2v) is 6.55. The molecule has 9 heteroatoms. The molecular formula is C22H23N5O4. The third-order valence-corrected chi connectivity index (χ3v) is 4.23. The summed E-state index contributed by atoms with van der Waals surface area (Å²) in [6, 6.07) is 13.6. The number of hydrogen-bond donors (Lipinski definition) is 2. The van der Waals surface area contributed by atoms with Crippen LogP contribution in [0.1, 0.15) is 18.2 Å². The van der Waals surface area contributed by atoms with Crippen molar-refractivity contribution in [3.63, 3.8) is 0 Å². The fraction of sp³-hybridized carbons (Fsp3) is 0.182. The molecule has 0 amide bonds. The zero-order valence-corrected chi connectivity index (χ0v) is 17.2. The Hall–Kier alpha value is -3.98. The van der Waals surface area contributed by atoms with Crippen LogP contribution in [-0.2, 0) is 17.9 Å². The Labute approximate surface area is 179 Å². The molecule has 160 valence electrons. The molecule has 0 saturated carbocycles. The Bertz CT molecular complexity index is 1150. The lowest BCUT2D eigenvalue weighted by atomic mass is 10.2. The maximum Gasteiger partial charge on any atom is 0.300 e. The Morgan fingerprint density at radius 3 is 2.58 bits per heavy atom. The van der Waals surface area contributed by atoms with Crippen molar-refractivity contribution < 1.29 is 19.4 Å². The quantitative estimate of drug-likeness (QED) is 0.486. The molecule has 4 aromatic rings. The van der Waals surface area contributed by atoms with Crippen LogP contribution < -0.4 is 15.2 Å². The van der Waals surface area contributed by atoms with Crippen molar-refractivity contribution in [1.29, 1.82) is 0 Å². The monoisotopic (exact) mass is 421 g/mol. The Kier molecular flexibility index (Phi) is 7.13. The summed E-state index contributed by atoms with van der Waals surface area (Å²) >= 11 is 0. The van der Waals surface area contributed by atoms with Crippen LogP contribution in [0.15, 0.2) is 61.2 Å². The molecule has 3 aromatic heterocycles. The molecule has 0 unspecified atom stereocenters. The molecule has 0 aliphatic heterocycles. The molecule has 0 spiro atoms. The molecule has 3 heterocycles. The smallest absolute Gasteiger partial charge is 0.300 e. The van der Waals surface area contributed by atoms with Gasteiger partial charge in [0.15, 0.2) is 0 Å². The third-order valence-electron chi connectivity index (χ3n) is 4.23. The number of carboxylic acid groups (broad SMARTS) is 1. The molecule has 0 aliphatic carbocycles. The molecule has 0 atom stereocenters. The van der Waals surface area contributed by atoms with Crippen LogP contribution in [-0.4, -0.2) is 37.7 Å². The molecule has 4 rings (SSSR count). The molecule has 0 saturated heterocycles. The van der Waals surface area contributed by atoms with E-state index in [4.69, 9.17) is 25.1 Å². The highest BCUT2D eigenvalue weighted by atomic mass is 16.5. The maximum atomic E-state index is 9.00. The number of benzene rings is 1. The van der Waals surface area contributed by atoms with Crippen LogP contribution >= 0.6 is 0 Å². The van der Waals surface area contributed by atoms with Gasteiger partial charge < -0.3 is 24.9 Å². The van der Waals surface area contributed by atoms with Gasteiger partial charge in [0.2, 0.25) is 11.8 Å². The number of aromatic nitrogens is 4. The summed E-state index contributed by atoms with van der Waals surface area (Å²) in [5.41, 5.74) is 8.56. The molecule has 1 aromatic carbocycles. The topological polar surface area (TPSA) is 125 Å². The number of carboxylic acids is 1. The van der Waals surface area contributed by atoms with Crippen molar-refractivity contribution in [3.8, 4) is 17.5 Å². The molecule has 0 fully saturated rings. The predicted octanol–water partition coefficient (Wildman–Crippen LogP) is 3.23. The van der Waals surface area contributed by atoms with Crippen molar-refractivity contribution in [2.24, 2.45) is 5.73 Å². The number of pyridine rings is 1. The van der Waals surface area contributed by atoms with Gasteiger partial charge in [0.1, 0.15) is 12.1 Å². The SMILES string of the molecule is CC(=O)O.COc1ccc(Cn2ccc3cc(Oc4cc(CN)ncn4)ccc32)cn1. The van der Waals surface area contributed by atoms with Gasteiger partial charge in [0, 0.05) is 55.4 Å². The summed E-state index contributed by atoms with van der Waals surface area (Å²) in [5, 5.41) is 8.50. The summed E-state index contributed by atoms with van der Waals surface area (Å²) in [4.78, 5) is 21.5. The highest BCUT2D eigenvalue weighted by Crippen LogP contribution is 2.26. The van der Waals surface area contributed by atoms with Gasteiger partial charge in [-0.2, -0.15) is 0 Å². The Morgan fingerprint density at radius 1 is 1.10 bits per heavy atom. The first kappa shape index (κ1) is 21.7. The zero-order chi connectivity index (χ0) is 22.2. The number of carbonyl (C=O) groups is 1. The van der Waals surface area contributed by atoms with Crippen molar-refractivity contribution in [2.45, 2.75) is 20.0 Å². The summed E-state index contributed by atoms with van der Waals surface area (Å²) in [6.45, 7) is 2.16. The van der Waals surface area contributed by atoms with Crippen LogP contribution in [0.3, 0.4) is 0 Å². The lowest BCUT2D eigenvalue weighted by Crippen LogP contribution is -2.00. The molecule has 0 bridgehead atoms. The molecular weight excluding hydrogens is 398 g/mol. The van der Waals surface area contributed by atoms with Crippen LogP contribution in [0.4, 0.5) is 0 Å². The van der Waals surface area contributed by atoms with Gasteiger partial charge in [-0.25, -0.2) is 15.0 Å². The van der Waals surface area contributed by atoms with Gasteiger partial charge in [0.25, 0.3) is 5.97 Å². The van der Waals surface area contributed by atoms with Gasteiger partial charge in [-0.3, -0.25) is 4.79 Å². The van der Waals surface area contributed by atoms with Gasteiger partial charge >= 0.3 is 0 Å². The van der Waals surface area contributed by atoms with Crippen molar-refractivity contribution in [1.82, 2.24) is 19.5 Å². The molecule has 9 nitrogen and oxygen atoms in total. The van der Waals surface area contributed by atoms with E-state index in [2.05, 4.69) is 31.8 Å². The zero-order valence-electron chi connectivity index (χ0n) is 17.2. The number of methoxy groups -OCH3 is 1. The highest BCUT2D eigenvalue weighted by molar-refractivity contribution is 5.81. The van der Waals surface area contributed by atoms with E-state index in [0.29, 0.717) is 24.1 Å². The number of fused-ring (bicyclic) bond motifs is 1. The minimum absolute atomic E-state index is 0.348. The van der Waals surface area contributed by atoms with Gasteiger partial charge in [-0.15, -0.1) is 0 Å². The number of nitrogens with two attached hydrogens (primary N) is 1. The molecule has 0 radical (unpaired) electrons. The van der Waals surface area contributed by atoms with E-state index < -0.39 is 5.97 Å². The van der Waals surface area contributed by atoms with E-state index in [1.165, 1.54) is 6.33 Å². The Balaban J connectivity index is 0.000000628. The third kappa shape index (κ3) is 6.00. The number of hydrogen-bond acceptors (Lipinski definition) is 7. The van der Waals surface area contributed by atoms with Crippen molar-refractivity contribution in [3.05, 3.63) is 72.4 Å². The fourth-order valence-corrected chi connectivity index (χ4v) is 2.87. The van der Waals surface area contributed by atoms with Crippen molar-refractivity contribution >= 4 is 16.9 Å². The number of rotatable bonds is 6. The lowest BCUT2D eigenvalue weighted by molar-refractivity contribution is -0.134. The maximum absolute atomic E-state index is 9.00. The van der Waals surface area contributed by atoms with Crippen LogP contribution in [0.2, 0.25) is 0 Å². The normalized spacial score (nSPS) is 10.3. The number of nitrogens with zero attached hydrogens (tertiary/aromatic N) is 4. The van der Waals surface area contributed by atoms with E-state index >= 15 is 0 Å². The summed E-state index contributed by atoms with van der Waals surface area (Å²) in [5.74, 6) is 0.974. The predicted molar refractivity (Wildman–Crippen MR) is 115 cm³/mol. The molecule has 0 aliphatic rings. The highest BCUT2D eigenvalue weighted by Gasteiger charge is 2.06.